The molecule has 0 atom stereocenters. The summed E-state index contributed by atoms with van der Waals surface area (Å²) in [6, 6.07) is 0. The molecule has 0 heterocycles. The summed E-state index contributed by atoms with van der Waals surface area (Å²) in [5, 5.41) is 11.3. The van der Waals surface area contributed by atoms with Gasteiger partial charge in [0.15, 0.2) is 0 Å². The Labute approximate surface area is 36.5 Å². The Bertz CT molecular complexity index is 59.8. The van der Waals surface area contributed by atoms with Crippen LogP contribution in [0.4, 0.5) is 0 Å². The maximum Gasteiger partial charge on any atom is 0.0828 e. The maximum atomic E-state index is 8.12. The van der Waals surface area contributed by atoms with Gasteiger partial charge in [-0.3, -0.25) is 0 Å². The smallest absolute Gasteiger partial charge is 0.0828 e. The average molecular weight is 88.1 g/mol. The van der Waals surface area contributed by atoms with Gasteiger partial charge in [0.25, 0.3) is 0 Å². The maximum absolute atomic E-state index is 8.12. The van der Waals surface area contributed by atoms with Crippen LogP contribution in [0.15, 0.2) is 5.10 Å². The second kappa shape index (κ2) is 2.66. The van der Waals surface area contributed by atoms with Crippen LogP contribution in [0.2, 0.25) is 0 Å². The van der Waals surface area contributed by atoms with Crippen LogP contribution < -0.4 is 5.84 Å². The first-order valence-electron chi connectivity index (χ1n) is 1.65. The van der Waals surface area contributed by atoms with Crippen LogP contribution in [-0.2, 0) is 0 Å². The van der Waals surface area contributed by atoms with Gasteiger partial charge >= 0.3 is 0 Å². The molecule has 0 saturated carbocycles. The fourth-order valence-electron chi connectivity index (χ4n) is 0.0408. The van der Waals surface area contributed by atoms with E-state index in [1.54, 1.807) is 6.92 Å². The summed E-state index contributed by atoms with van der Waals surface area (Å²) >= 11 is 0. The molecular weight excluding hydrogens is 80.0 g/mol. The van der Waals surface area contributed by atoms with Crippen LogP contribution in [-0.4, -0.2) is 17.4 Å². The number of hydrazone groups is 1. The fourth-order valence-corrected chi connectivity index (χ4v) is 0.0408. The monoisotopic (exact) mass is 88.1 g/mol. The lowest BCUT2D eigenvalue weighted by atomic mass is 10.5. The summed E-state index contributed by atoms with van der Waals surface area (Å²) in [6.07, 6.45) is 0. The highest BCUT2D eigenvalue weighted by Crippen LogP contribution is 1.63. The number of aliphatic hydroxyl groups excluding tert-OH is 1. The van der Waals surface area contributed by atoms with Gasteiger partial charge in [0.1, 0.15) is 0 Å². The minimum Gasteiger partial charge on any atom is -0.390 e. The van der Waals surface area contributed by atoms with Crippen molar-refractivity contribution in [3.05, 3.63) is 0 Å². The Kier molecular flexibility index (Phi) is 2.40. The van der Waals surface area contributed by atoms with Crippen molar-refractivity contribution in [2.24, 2.45) is 10.9 Å². The molecular formula is C3H8N2O. The molecule has 36 valence electrons. The zero-order chi connectivity index (χ0) is 4.99. The van der Waals surface area contributed by atoms with Gasteiger partial charge in [-0.25, -0.2) is 0 Å². The Morgan fingerprint density at radius 2 is 2.50 bits per heavy atom. The van der Waals surface area contributed by atoms with Crippen LogP contribution in [0.1, 0.15) is 6.92 Å². The van der Waals surface area contributed by atoms with Gasteiger partial charge in [0.2, 0.25) is 0 Å². The largest absolute Gasteiger partial charge is 0.390 e. The van der Waals surface area contributed by atoms with Crippen molar-refractivity contribution >= 4 is 5.71 Å². The predicted molar refractivity (Wildman–Crippen MR) is 24.4 cm³/mol. The molecule has 0 aliphatic heterocycles. The van der Waals surface area contributed by atoms with E-state index < -0.39 is 0 Å². The minimum atomic E-state index is -0.0451. The summed E-state index contributed by atoms with van der Waals surface area (Å²) in [5.74, 6) is 4.71. The molecule has 0 aromatic carbocycles. The second-order valence-electron chi connectivity index (χ2n) is 1.02. The molecule has 6 heavy (non-hydrogen) atoms. The third kappa shape index (κ3) is 1.72. The van der Waals surface area contributed by atoms with Gasteiger partial charge in [-0.2, -0.15) is 5.10 Å². The van der Waals surface area contributed by atoms with Crippen LogP contribution in [0, 0.1) is 0 Å². The molecule has 0 aromatic heterocycles. The van der Waals surface area contributed by atoms with E-state index in [9.17, 15) is 0 Å². The summed E-state index contributed by atoms with van der Waals surface area (Å²) in [4.78, 5) is 0. The summed E-state index contributed by atoms with van der Waals surface area (Å²) in [7, 11) is 0. The highest BCUT2D eigenvalue weighted by molar-refractivity contribution is 5.82. The molecule has 0 aliphatic rings. The first kappa shape index (κ1) is 5.43. The van der Waals surface area contributed by atoms with E-state index in [-0.39, 0.29) is 6.61 Å². The highest BCUT2D eigenvalue weighted by atomic mass is 16.3. The molecule has 3 heteroatoms. The van der Waals surface area contributed by atoms with E-state index in [4.69, 9.17) is 10.9 Å². The highest BCUT2D eigenvalue weighted by Gasteiger charge is 1.77. The average Bonchev–Trinajstić information content (AvgIpc) is 1.65. The van der Waals surface area contributed by atoms with E-state index in [0.29, 0.717) is 5.71 Å². The van der Waals surface area contributed by atoms with Crippen molar-refractivity contribution in [3.8, 4) is 0 Å². The Balaban J connectivity index is 3.22. The lowest BCUT2D eigenvalue weighted by Crippen LogP contribution is -2.00. The molecule has 3 N–H and O–H groups in total. The number of rotatable bonds is 1. The second-order valence-corrected chi connectivity index (χ2v) is 1.02. The number of nitrogens with two attached hydrogens (primary N) is 1. The molecule has 0 saturated heterocycles. The third-order valence-corrected chi connectivity index (χ3v) is 0.449. The van der Waals surface area contributed by atoms with Crippen molar-refractivity contribution in [2.45, 2.75) is 6.92 Å². The van der Waals surface area contributed by atoms with E-state index in [2.05, 4.69) is 5.10 Å². The number of hydrogen-bond acceptors (Lipinski definition) is 3. The van der Waals surface area contributed by atoms with Gasteiger partial charge in [-0.05, 0) is 6.92 Å². The molecule has 0 bridgehead atoms. The standard InChI is InChI=1S/C3H8N2O/c1-3(2-6)5-4/h6H,2,4H2,1H3/b5-3+. The van der Waals surface area contributed by atoms with Gasteiger partial charge in [0, 0.05) is 0 Å². The first-order valence-corrected chi connectivity index (χ1v) is 1.65. The van der Waals surface area contributed by atoms with Crippen molar-refractivity contribution in [2.75, 3.05) is 6.61 Å². The molecule has 0 fully saturated rings. The molecule has 0 amide bonds. The fraction of sp³-hybridized carbons (Fsp3) is 0.667. The third-order valence-electron chi connectivity index (χ3n) is 0.449. The number of aliphatic hydroxyl groups is 1. The Morgan fingerprint density at radius 3 is 2.50 bits per heavy atom. The zero-order valence-electron chi connectivity index (χ0n) is 3.68. The normalized spacial score (nSPS) is 12.0. The van der Waals surface area contributed by atoms with Crippen molar-refractivity contribution in [1.29, 1.82) is 0 Å². The van der Waals surface area contributed by atoms with Crippen LogP contribution in [0.5, 0.6) is 0 Å². The van der Waals surface area contributed by atoms with Gasteiger partial charge in [-0.15, -0.1) is 0 Å². The van der Waals surface area contributed by atoms with Crippen LogP contribution in [0.25, 0.3) is 0 Å². The summed E-state index contributed by atoms with van der Waals surface area (Å²) < 4.78 is 0. The SMILES string of the molecule is C/C(CO)=N\N. The van der Waals surface area contributed by atoms with E-state index in [1.807, 2.05) is 0 Å². The summed E-state index contributed by atoms with van der Waals surface area (Å²) in [5.41, 5.74) is 0.551. The first-order chi connectivity index (χ1) is 2.81. The van der Waals surface area contributed by atoms with Gasteiger partial charge in [-0.1, -0.05) is 0 Å². The molecule has 0 spiro atoms. The van der Waals surface area contributed by atoms with Crippen LogP contribution in [0.3, 0.4) is 0 Å². The molecule has 0 radical (unpaired) electrons. The Hall–Kier alpha value is -0.570. The van der Waals surface area contributed by atoms with Crippen molar-refractivity contribution in [1.82, 2.24) is 0 Å². The predicted octanol–water partition coefficient (Wildman–Crippen LogP) is -0.687. The molecule has 0 aliphatic carbocycles. The Morgan fingerprint density at radius 1 is 2.00 bits per heavy atom. The van der Waals surface area contributed by atoms with Crippen molar-refractivity contribution < 1.29 is 5.11 Å². The quantitative estimate of drug-likeness (QED) is 0.253. The van der Waals surface area contributed by atoms with E-state index >= 15 is 0 Å². The lowest BCUT2D eigenvalue weighted by Gasteiger charge is -1.83. The number of hydrogen-bond donors (Lipinski definition) is 2. The van der Waals surface area contributed by atoms with Crippen molar-refractivity contribution in [3.63, 3.8) is 0 Å². The minimum absolute atomic E-state index is 0.0451. The lowest BCUT2D eigenvalue weighted by molar-refractivity contribution is 0.356. The molecule has 0 aromatic rings. The number of nitrogens with zero attached hydrogens (tertiary/aromatic N) is 1. The molecule has 0 unspecified atom stereocenters. The molecule has 3 nitrogen and oxygen atoms in total. The van der Waals surface area contributed by atoms with E-state index in [1.165, 1.54) is 0 Å². The zero-order valence-corrected chi connectivity index (χ0v) is 3.68. The van der Waals surface area contributed by atoms with Gasteiger partial charge < -0.3 is 10.9 Å². The van der Waals surface area contributed by atoms with Gasteiger partial charge in [0.05, 0.1) is 12.3 Å². The van der Waals surface area contributed by atoms with Crippen LogP contribution >= 0.6 is 0 Å². The molecule has 0 rings (SSSR count). The summed E-state index contributed by atoms with van der Waals surface area (Å²) in [6.45, 7) is 1.61. The topological polar surface area (TPSA) is 58.6 Å². The van der Waals surface area contributed by atoms with E-state index in [0.717, 1.165) is 0 Å².